The number of aromatic amines is 1. The molecule has 0 radical (unpaired) electrons. The van der Waals surface area contributed by atoms with E-state index in [9.17, 15) is 4.79 Å². The molecule has 100 valence electrons. The van der Waals surface area contributed by atoms with E-state index in [0.717, 1.165) is 5.56 Å². The summed E-state index contributed by atoms with van der Waals surface area (Å²) in [5.74, 6) is -0.112. The number of hydrogen-bond donors (Lipinski definition) is 2. The second-order valence-corrected chi connectivity index (χ2v) is 4.92. The summed E-state index contributed by atoms with van der Waals surface area (Å²) in [4.78, 5) is 11.9. The highest BCUT2D eigenvalue weighted by Crippen LogP contribution is 2.23. The number of halogens is 1. The molecule has 0 saturated carbocycles. The number of amides is 1. The molecule has 0 aliphatic rings. The van der Waals surface area contributed by atoms with Gasteiger partial charge in [-0.2, -0.15) is 5.21 Å². The van der Waals surface area contributed by atoms with Crippen LogP contribution in [-0.4, -0.2) is 26.5 Å². The average molecular weight is 280 g/mol. The van der Waals surface area contributed by atoms with Crippen LogP contribution < -0.4 is 5.32 Å². The lowest BCUT2D eigenvalue weighted by Gasteiger charge is -2.22. The zero-order valence-electron chi connectivity index (χ0n) is 10.6. The topological polar surface area (TPSA) is 83.6 Å². The van der Waals surface area contributed by atoms with Crippen molar-refractivity contribution in [1.82, 2.24) is 25.9 Å². The average Bonchev–Trinajstić information content (AvgIpc) is 2.90. The zero-order valence-corrected chi connectivity index (χ0v) is 11.3. The van der Waals surface area contributed by atoms with Crippen LogP contribution in [0, 0.1) is 5.92 Å². The van der Waals surface area contributed by atoms with Gasteiger partial charge in [0.1, 0.15) is 0 Å². The van der Waals surface area contributed by atoms with Crippen molar-refractivity contribution in [1.29, 1.82) is 0 Å². The lowest BCUT2D eigenvalue weighted by molar-refractivity contribution is 0.0915. The Bertz CT molecular complexity index is 538. The monoisotopic (exact) mass is 279 g/mol. The van der Waals surface area contributed by atoms with Crippen molar-refractivity contribution in [3.63, 3.8) is 0 Å². The number of tetrazole rings is 1. The van der Waals surface area contributed by atoms with E-state index < -0.39 is 0 Å². The van der Waals surface area contributed by atoms with E-state index in [0.29, 0.717) is 5.02 Å². The van der Waals surface area contributed by atoms with Crippen LogP contribution in [0.25, 0.3) is 0 Å². The molecule has 0 saturated heterocycles. The SMILES string of the molecule is CC(C)C(NC(=O)c1nn[nH]n1)c1ccc(Cl)cc1. The second-order valence-electron chi connectivity index (χ2n) is 4.48. The molecule has 0 fully saturated rings. The number of benzene rings is 1. The van der Waals surface area contributed by atoms with Crippen molar-refractivity contribution in [3.05, 3.63) is 40.7 Å². The van der Waals surface area contributed by atoms with Crippen molar-refractivity contribution in [3.8, 4) is 0 Å². The standard InChI is InChI=1S/C12H14ClN5O/c1-7(2)10(8-3-5-9(13)6-4-8)14-12(19)11-15-17-18-16-11/h3-7,10H,1-2H3,(H,14,19)(H,15,16,17,18). The summed E-state index contributed by atoms with van der Waals surface area (Å²) in [5, 5.41) is 16.5. The molecule has 1 unspecified atom stereocenters. The second kappa shape index (κ2) is 5.79. The van der Waals surface area contributed by atoms with Crippen molar-refractivity contribution in [2.75, 3.05) is 0 Å². The minimum atomic E-state index is -0.359. The lowest BCUT2D eigenvalue weighted by atomic mass is 9.96. The molecule has 2 aromatic rings. The molecule has 2 rings (SSSR count). The van der Waals surface area contributed by atoms with Gasteiger partial charge >= 0.3 is 0 Å². The molecule has 1 aromatic carbocycles. The van der Waals surface area contributed by atoms with Crippen LogP contribution in [0.5, 0.6) is 0 Å². The molecule has 0 bridgehead atoms. The van der Waals surface area contributed by atoms with E-state index in [2.05, 4.69) is 25.9 Å². The number of H-pyrrole nitrogens is 1. The minimum Gasteiger partial charge on any atom is -0.342 e. The van der Waals surface area contributed by atoms with Gasteiger partial charge in [-0.1, -0.05) is 37.6 Å². The summed E-state index contributed by atoms with van der Waals surface area (Å²) in [7, 11) is 0. The van der Waals surface area contributed by atoms with Gasteiger partial charge in [-0.15, -0.1) is 10.2 Å². The van der Waals surface area contributed by atoms with Crippen LogP contribution in [0.2, 0.25) is 5.02 Å². The van der Waals surface area contributed by atoms with Crippen LogP contribution in [0.4, 0.5) is 0 Å². The van der Waals surface area contributed by atoms with E-state index in [4.69, 9.17) is 11.6 Å². The fourth-order valence-corrected chi connectivity index (χ4v) is 1.89. The summed E-state index contributed by atoms with van der Waals surface area (Å²) in [6.07, 6.45) is 0. The van der Waals surface area contributed by atoms with Gasteiger partial charge in [0.15, 0.2) is 0 Å². The Balaban J connectivity index is 2.17. The fraction of sp³-hybridized carbons (Fsp3) is 0.333. The first-order chi connectivity index (χ1) is 9.08. The summed E-state index contributed by atoms with van der Waals surface area (Å²) in [5.41, 5.74) is 0.983. The van der Waals surface area contributed by atoms with Crippen LogP contribution in [0.1, 0.15) is 36.1 Å². The molecule has 0 spiro atoms. The van der Waals surface area contributed by atoms with Crippen molar-refractivity contribution in [2.45, 2.75) is 19.9 Å². The Morgan fingerprint density at radius 3 is 2.53 bits per heavy atom. The number of rotatable bonds is 4. The predicted octanol–water partition coefficient (Wildman–Crippen LogP) is 1.98. The van der Waals surface area contributed by atoms with Gasteiger partial charge in [0.25, 0.3) is 11.7 Å². The molecule has 7 heteroatoms. The van der Waals surface area contributed by atoms with Crippen LogP contribution in [0.15, 0.2) is 24.3 Å². The molecular weight excluding hydrogens is 266 g/mol. The van der Waals surface area contributed by atoms with E-state index >= 15 is 0 Å². The van der Waals surface area contributed by atoms with Crippen molar-refractivity contribution in [2.24, 2.45) is 5.92 Å². The van der Waals surface area contributed by atoms with Gasteiger partial charge in [0, 0.05) is 5.02 Å². The number of nitrogens with zero attached hydrogens (tertiary/aromatic N) is 3. The van der Waals surface area contributed by atoms with E-state index in [1.54, 1.807) is 12.1 Å². The van der Waals surface area contributed by atoms with E-state index in [1.165, 1.54) is 0 Å². The number of carbonyl (C=O) groups is 1. The maximum Gasteiger partial charge on any atom is 0.293 e. The summed E-state index contributed by atoms with van der Waals surface area (Å²) in [6.45, 7) is 4.05. The predicted molar refractivity (Wildman–Crippen MR) is 70.7 cm³/mol. The maximum absolute atomic E-state index is 11.9. The minimum absolute atomic E-state index is 0.0274. The van der Waals surface area contributed by atoms with Gasteiger partial charge < -0.3 is 5.32 Å². The molecule has 1 heterocycles. The van der Waals surface area contributed by atoms with Crippen molar-refractivity contribution < 1.29 is 4.79 Å². The van der Waals surface area contributed by atoms with E-state index in [-0.39, 0.29) is 23.7 Å². The highest BCUT2D eigenvalue weighted by molar-refractivity contribution is 6.30. The maximum atomic E-state index is 11.9. The Kier molecular flexibility index (Phi) is 4.11. The molecule has 6 nitrogen and oxygen atoms in total. The van der Waals surface area contributed by atoms with Gasteiger partial charge in [0.05, 0.1) is 6.04 Å². The molecule has 19 heavy (non-hydrogen) atoms. The molecule has 1 aromatic heterocycles. The lowest BCUT2D eigenvalue weighted by Crippen LogP contribution is -2.32. The third-order valence-corrected chi connectivity index (χ3v) is 2.98. The fourth-order valence-electron chi connectivity index (χ4n) is 1.77. The van der Waals surface area contributed by atoms with Crippen LogP contribution in [-0.2, 0) is 0 Å². The Morgan fingerprint density at radius 1 is 1.32 bits per heavy atom. The van der Waals surface area contributed by atoms with Gasteiger partial charge in [-0.25, -0.2) is 0 Å². The van der Waals surface area contributed by atoms with Gasteiger partial charge in [-0.3, -0.25) is 4.79 Å². The summed E-state index contributed by atoms with van der Waals surface area (Å²) < 4.78 is 0. The highest BCUT2D eigenvalue weighted by atomic mass is 35.5. The number of hydrogen-bond acceptors (Lipinski definition) is 4. The first-order valence-corrected chi connectivity index (χ1v) is 6.25. The molecule has 0 aliphatic carbocycles. The Labute approximate surface area is 115 Å². The van der Waals surface area contributed by atoms with E-state index in [1.807, 2.05) is 26.0 Å². The van der Waals surface area contributed by atoms with Crippen LogP contribution in [0.3, 0.4) is 0 Å². The third kappa shape index (κ3) is 3.29. The number of nitrogens with one attached hydrogen (secondary N) is 2. The Morgan fingerprint density at radius 2 is 2.00 bits per heavy atom. The molecule has 1 amide bonds. The Hall–Kier alpha value is -1.95. The number of carbonyl (C=O) groups excluding carboxylic acids is 1. The summed E-state index contributed by atoms with van der Waals surface area (Å²) >= 11 is 5.86. The third-order valence-electron chi connectivity index (χ3n) is 2.73. The highest BCUT2D eigenvalue weighted by Gasteiger charge is 2.21. The number of aromatic nitrogens is 4. The molecule has 2 N–H and O–H groups in total. The smallest absolute Gasteiger partial charge is 0.293 e. The first-order valence-electron chi connectivity index (χ1n) is 5.87. The first kappa shape index (κ1) is 13.5. The summed E-state index contributed by atoms with van der Waals surface area (Å²) in [6, 6.07) is 7.25. The van der Waals surface area contributed by atoms with Crippen molar-refractivity contribution >= 4 is 17.5 Å². The largest absolute Gasteiger partial charge is 0.342 e. The zero-order chi connectivity index (χ0) is 13.8. The van der Waals surface area contributed by atoms with Gasteiger partial charge in [0.2, 0.25) is 0 Å². The quantitative estimate of drug-likeness (QED) is 0.896. The van der Waals surface area contributed by atoms with Gasteiger partial charge in [-0.05, 0) is 28.8 Å². The normalized spacial score (nSPS) is 12.4. The van der Waals surface area contributed by atoms with Crippen LogP contribution >= 0.6 is 11.6 Å². The molecule has 0 aliphatic heterocycles. The molecular formula is C12H14ClN5O. The molecule has 1 atom stereocenters.